The summed E-state index contributed by atoms with van der Waals surface area (Å²) in [5.41, 5.74) is -0.246. The second kappa shape index (κ2) is 12.3. The van der Waals surface area contributed by atoms with E-state index in [-0.39, 0.29) is 35.2 Å². The normalized spacial score (nSPS) is 18.5. The maximum absolute atomic E-state index is 14.2. The molecule has 3 aromatic rings. The fourth-order valence-electron chi connectivity index (χ4n) is 5.50. The highest BCUT2D eigenvalue weighted by atomic mass is 35.5. The summed E-state index contributed by atoms with van der Waals surface area (Å²) in [6, 6.07) is 5.79. The number of ether oxygens (including phenoxy) is 3. The number of carbonyl (C=O) groups is 1. The SMILES string of the molecule is CC(C)(C)OC(=O)N1CCC(CCOc2ccc(-c3nc(Cl)nc4c3ccn4CC3CCOC3)cc2C(F)(F)F)CC1. The van der Waals surface area contributed by atoms with Crippen molar-refractivity contribution in [3.63, 3.8) is 0 Å². The van der Waals surface area contributed by atoms with Crippen LogP contribution in [0.25, 0.3) is 22.3 Å². The summed E-state index contributed by atoms with van der Waals surface area (Å²) < 4.78 is 61.1. The first-order valence-electron chi connectivity index (χ1n) is 14.3. The van der Waals surface area contributed by atoms with Crippen molar-refractivity contribution >= 4 is 28.7 Å². The van der Waals surface area contributed by atoms with Crippen LogP contribution < -0.4 is 4.74 Å². The van der Waals surface area contributed by atoms with Crippen molar-refractivity contribution in [3.8, 4) is 17.0 Å². The van der Waals surface area contributed by atoms with E-state index in [1.54, 1.807) is 11.0 Å². The van der Waals surface area contributed by atoms with Gasteiger partial charge in [0.1, 0.15) is 17.0 Å². The summed E-state index contributed by atoms with van der Waals surface area (Å²) in [7, 11) is 0. The number of likely N-dealkylation sites (tertiary alicyclic amines) is 1. The predicted octanol–water partition coefficient (Wildman–Crippen LogP) is 7.22. The molecule has 5 rings (SSSR count). The maximum atomic E-state index is 14.2. The molecular formula is C30H36ClF3N4O4. The summed E-state index contributed by atoms with van der Waals surface area (Å²) >= 11 is 6.24. The van der Waals surface area contributed by atoms with Crippen molar-refractivity contribution in [2.24, 2.45) is 11.8 Å². The van der Waals surface area contributed by atoms with Crippen LogP contribution in [-0.4, -0.2) is 64.0 Å². The minimum Gasteiger partial charge on any atom is -0.493 e. The van der Waals surface area contributed by atoms with E-state index in [9.17, 15) is 18.0 Å². The molecule has 0 aliphatic carbocycles. The minimum absolute atomic E-state index is 0.0354. The number of hydrogen-bond donors (Lipinski definition) is 0. The molecule has 2 aliphatic rings. The molecule has 2 fully saturated rings. The fourth-order valence-corrected chi connectivity index (χ4v) is 5.67. The Morgan fingerprint density at radius 1 is 1.10 bits per heavy atom. The maximum Gasteiger partial charge on any atom is 0.419 e. The molecule has 4 heterocycles. The molecule has 1 aromatic carbocycles. The van der Waals surface area contributed by atoms with Crippen molar-refractivity contribution < 1.29 is 32.2 Å². The lowest BCUT2D eigenvalue weighted by molar-refractivity contribution is -0.138. The van der Waals surface area contributed by atoms with Crippen LogP contribution in [-0.2, 0) is 22.2 Å². The van der Waals surface area contributed by atoms with E-state index in [1.807, 2.05) is 37.6 Å². The number of aromatic nitrogens is 3. The molecule has 1 amide bonds. The standard InChI is InChI=1S/C30H36ClF3N4O4/c1-29(2,3)42-28(39)37-11-6-19(7-12-37)10-15-41-24-5-4-21(16-23(24)30(32,33)34)25-22-8-13-38(17-20-9-14-40-18-20)26(22)36-27(31)35-25/h4-5,8,13,16,19-20H,6-7,9-12,14-15,17-18H2,1-3H3. The highest BCUT2D eigenvalue weighted by Crippen LogP contribution is 2.40. The van der Waals surface area contributed by atoms with Crippen LogP contribution in [0.4, 0.5) is 18.0 Å². The Hall–Kier alpha value is -3.05. The number of carbonyl (C=O) groups excluding carboxylic acids is 1. The van der Waals surface area contributed by atoms with E-state index in [0.29, 0.717) is 61.9 Å². The summed E-state index contributed by atoms with van der Waals surface area (Å²) in [6.45, 7) is 8.76. The first-order chi connectivity index (χ1) is 19.9. The Morgan fingerprint density at radius 2 is 1.86 bits per heavy atom. The van der Waals surface area contributed by atoms with Gasteiger partial charge in [-0.3, -0.25) is 0 Å². The van der Waals surface area contributed by atoms with Gasteiger partial charge in [-0.1, -0.05) is 0 Å². The summed E-state index contributed by atoms with van der Waals surface area (Å²) in [4.78, 5) is 22.6. The van der Waals surface area contributed by atoms with Gasteiger partial charge >= 0.3 is 12.3 Å². The van der Waals surface area contributed by atoms with Gasteiger partial charge in [0.2, 0.25) is 5.28 Å². The molecule has 228 valence electrons. The van der Waals surface area contributed by atoms with Crippen molar-refractivity contribution in [3.05, 3.63) is 41.3 Å². The Balaban J connectivity index is 1.27. The molecule has 0 bridgehead atoms. The minimum atomic E-state index is -4.63. The van der Waals surface area contributed by atoms with Crippen LogP contribution in [0.5, 0.6) is 5.75 Å². The van der Waals surface area contributed by atoms with Crippen molar-refractivity contribution in [2.75, 3.05) is 32.9 Å². The lowest BCUT2D eigenvalue weighted by Crippen LogP contribution is -2.41. The number of piperidine rings is 1. The first kappa shape index (κ1) is 30.4. The molecule has 0 spiro atoms. The zero-order valence-electron chi connectivity index (χ0n) is 24.0. The highest BCUT2D eigenvalue weighted by molar-refractivity contribution is 6.28. The average molecular weight is 609 g/mol. The third kappa shape index (κ3) is 7.29. The summed E-state index contributed by atoms with van der Waals surface area (Å²) in [6.07, 6.45) is -0.103. The number of nitrogens with zero attached hydrogens (tertiary/aromatic N) is 4. The molecule has 0 saturated carbocycles. The number of benzene rings is 1. The highest BCUT2D eigenvalue weighted by Gasteiger charge is 2.35. The zero-order chi connectivity index (χ0) is 30.1. The van der Waals surface area contributed by atoms with Gasteiger partial charge in [0, 0.05) is 49.3 Å². The summed E-state index contributed by atoms with van der Waals surface area (Å²) in [5.74, 6) is 0.352. The van der Waals surface area contributed by atoms with Gasteiger partial charge in [-0.15, -0.1) is 0 Å². The molecular weight excluding hydrogens is 573 g/mol. The van der Waals surface area contributed by atoms with Crippen LogP contribution in [0, 0.1) is 11.8 Å². The Morgan fingerprint density at radius 3 is 2.52 bits per heavy atom. The smallest absolute Gasteiger partial charge is 0.419 e. The number of halogens is 4. The van der Waals surface area contributed by atoms with E-state index < -0.39 is 17.3 Å². The monoisotopic (exact) mass is 608 g/mol. The van der Waals surface area contributed by atoms with E-state index in [4.69, 9.17) is 25.8 Å². The average Bonchev–Trinajstić information content (AvgIpc) is 3.58. The Bertz CT molecular complexity index is 1410. The second-order valence-corrected chi connectivity index (χ2v) is 12.4. The molecule has 2 saturated heterocycles. The van der Waals surface area contributed by atoms with E-state index in [1.165, 1.54) is 6.07 Å². The van der Waals surface area contributed by atoms with Crippen LogP contribution >= 0.6 is 11.6 Å². The van der Waals surface area contributed by atoms with Gasteiger partial charge in [-0.05, 0) is 88.2 Å². The molecule has 2 aromatic heterocycles. The van der Waals surface area contributed by atoms with E-state index in [0.717, 1.165) is 25.3 Å². The number of hydrogen-bond acceptors (Lipinski definition) is 6. The molecule has 0 N–H and O–H groups in total. The quantitative estimate of drug-likeness (QED) is 0.264. The number of fused-ring (bicyclic) bond motifs is 1. The predicted molar refractivity (Wildman–Crippen MR) is 153 cm³/mol. The molecule has 8 nitrogen and oxygen atoms in total. The number of alkyl halides is 3. The Kier molecular flexibility index (Phi) is 8.89. The van der Waals surface area contributed by atoms with Gasteiger partial charge < -0.3 is 23.7 Å². The molecule has 12 heteroatoms. The van der Waals surface area contributed by atoms with E-state index >= 15 is 0 Å². The largest absolute Gasteiger partial charge is 0.493 e. The van der Waals surface area contributed by atoms with Gasteiger partial charge in [-0.2, -0.15) is 18.2 Å². The fraction of sp³-hybridized carbons (Fsp3) is 0.567. The van der Waals surface area contributed by atoms with Crippen molar-refractivity contribution in [2.45, 2.75) is 64.8 Å². The zero-order valence-corrected chi connectivity index (χ0v) is 24.8. The third-order valence-corrected chi connectivity index (χ3v) is 7.85. The number of amides is 1. The molecule has 0 radical (unpaired) electrons. The summed E-state index contributed by atoms with van der Waals surface area (Å²) in [5, 5.41) is 0.588. The van der Waals surface area contributed by atoms with Crippen LogP contribution in [0.15, 0.2) is 30.5 Å². The molecule has 42 heavy (non-hydrogen) atoms. The number of rotatable bonds is 7. The van der Waals surface area contributed by atoms with Crippen LogP contribution in [0.1, 0.15) is 52.0 Å². The third-order valence-electron chi connectivity index (χ3n) is 7.68. The first-order valence-corrected chi connectivity index (χ1v) is 14.7. The second-order valence-electron chi connectivity index (χ2n) is 12.0. The van der Waals surface area contributed by atoms with E-state index in [2.05, 4.69) is 9.97 Å². The van der Waals surface area contributed by atoms with Crippen molar-refractivity contribution in [1.82, 2.24) is 19.4 Å². The van der Waals surface area contributed by atoms with Crippen LogP contribution in [0.3, 0.4) is 0 Å². The lowest BCUT2D eigenvalue weighted by Gasteiger charge is -2.33. The van der Waals surface area contributed by atoms with Gasteiger partial charge in [0.05, 0.1) is 24.5 Å². The molecule has 1 atom stereocenters. The molecule has 1 unspecified atom stereocenters. The molecule has 2 aliphatic heterocycles. The van der Waals surface area contributed by atoms with Crippen molar-refractivity contribution in [1.29, 1.82) is 0 Å². The lowest BCUT2D eigenvalue weighted by atomic mass is 9.94. The van der Waals surface area contributed by atoms with Gasteiger partial charge in [0.25, 0.3) is 0 Å². The Labute approximate surface area is 248 Å². The van der Waals surface area contributed by atoms with Gasteiger partial charge in [-0.25, -0.2) is 9.78 Å². The topological polar surface area (TPSA) is 78.7 Å². The van der Waals surface area contributed by atoms with Crippen LogP contribution in [0.2, 0.25) is 5.28 Å². The van der Waals surface area contributed by atoms with Gasteiger partial charge in [0.15, 0.2) is 0 Å².